The summed E-state index contributed by atoms with van der Waals surface area (Å²) in [6, 6.07) is 13.4. The quantitative estimate of drug-likeness (QED) is 0.373. The molecule has 0 unspecified atom stereocenters. The zero-order chi connectivity index (χ0) is 24.0. The van der Waals surface area contributed by atoms with Crippen LogP contribution in [0.15, 0.2) is 66.7 Å². The number of rotatable bonds is 6. The predicted molar refractivity (Wildman–Crippen MR) is 129 cm³/mol. The van der Waals surface area contributed by atoms with Gasteiger partial charge in [0.1, 0.15) is 11.6 Å². The normalized spacial score (nSPS) is 11.2. The zero-order valence-electron chi connectivity index (χ0n) is 17.3. The van der Waals surface area contributed by atoms with Crippen LogP contribution in [-0.4, -0.2) is 11.8 Å². The summed E-state index contributed by atoms with van der Waals surface area (Å²) in [5.41, 5.74) is 1.65. The van der Waals surface area contributed by atoms with Crippen molar-refractivity contribution >= 4 is 58.5 Å². The molecule has 3 aromatic carbocycles. The molecule has 0 heterocycles. The van der Waals surface area contributed by atoms with Crippen LogP contribution in [0.1, 0.15) is 16.7 Å². The highest BCUT2D eigenvalue weighted by molar-refractivity contribution is 6.32. The maximum absolute atomic E-state index is 13.9. The summed E-state index contributed by atoms with van der Waals surface area (Å²) < 4.78 is 27.8. The van der Waals surface area contributed by atoms with Gasteiger partial charge in [0.2, 0.25) is 11.8 Å². The fourth-order valence-electron chi connectivity index (χ4n) is 2.88. The fraction of sp³-hybridized carbons (Fsp3) is 0.0400. The van der Waals surface area contributed by atoms with Crippen LogP contribution in [0.3, 0.4) is 0 Å². The van der Waals surface area contributed by atoms with Crippen molar-refractivity contribution in [3.05, 3.63) is 105 Å². The molecule has 2 N–H and O–H groups in total. The van der Waals surface area contributed by atoms with Crippen molar-refractivity contribution in [1.82, 2.24) is 0 Å². The van der Waals surface area contributed by atoms with E-state index in [1.807, 2.05) is 6.92 Å². The minimum Gasteiger partial charge on any atom is -0.321 e. The number of nitrogens with one attached hydrogen (secondary N) is 2. The Hall–Kier alpha value is -3.48. The topological polar surface area (TPSA) is 58.2 Å². The van der Waals surface area contributed by atoms with E-state index < -0.39 is 23.4 Å². The molecule has 2 amide bonds. The first-order valence-corrected chi connectivity index (χ1v) is 10.5. The summed E-state index contributed by atoms with van der Waals surface area (Å²) in [5.74, 6) is -2.22. The van der Waals surface area contributed by atoms with Crippen LogP contribution in [0.25, 0.3) is 12.2 Å². The van der Waals surface area contributed by atoms with Crippen LogP contribution < -0.4 is 10.6 Å². The largest absolute Gasteiger partial charge is 0.321 e. The molecule has 0 spiro atoms. The first-order valence-electron chi connectivity index (χ1n) is 9.71. The van der Waals surface area contributed by atoms with E-state index in [1.54, 1.807) is 18.2 Å². The lowest BCUT2D eigenvalue weighted by Crippen LogP contribution is -2.14. The Morgan fingerprint density at radius 1 is 0.758 bits per heavy atom. The van der Waals surface area contributed by atoms with Crippen LogP contribution in [0.5, 0.6) is 0 Å². The van der Waals surface area contributed by atoms with Gasteiger partial charge in [0.05, 0.1) is 21.4 Å². The molecule has 0 aliphatic carbocycles. The molecule has 0 saturated carbocycles. The number of carbonyl (C=O) groups excluding carboxylic acids is 2. The lowest BCUT2D eigenvalue weighted by molar-refractivity contribution is -0.112. The fourth-order valence-corrected chi connectivity index (χ4v) is 3.33. The molecule has 0 bridgehead atoms. The highest BCUT2D eigenvalue weighted by Gasteiger charge is 2.10. The number of anilines is 2. The number of amides is 2. The third kappa shape index (κ3) is 6.51. The molecule has 0 atom stereocenters. The molecular formula is C25H18Cl2F2N2O2. The van der Waals surface area contributed by atoms with Crippen molar-refractivity contribution in [3.63, 3.8) is 0 Å². The Morgan fingerprint density at radius 2 is 1.24 bits per heavy atom. The molecule has 8 heteroatoms. The van der Waals surface area contributed by atoms with Crippen molar-refractivity contribution < 1.29 is 18.4 Å². The zero-order valence-corrected chi connectivity index (χ0v) is 18.8. The van der Waals surface area contributed by atoms with Gasteiger partial charge in [-0.05, 0) is 61.0 Å². The number of halogens is 4. The van der Waals surface area contributed by atoms with Crippen molar-refractivity contribution in [2.45, 2.75) is 6.92 Å². The first-order chi connectivity index (χ1) is 15.7. The summed E-state index contributed by atoms with van der Waals surface area (Å²) in [6.07, 6.45) is 4.80. The second-order valence-electron chi connectivity index (χ2n) is 6.96. The van der Waals surface area contributed by atoms with Gasteiger partial charge in [-0.15, -0.1) is 0 Å². The molecule has 0 saturated heterocycles. The average molecular weight is 487 g/mol. The molecule has 0 aliphatic rings. The smallest absolute Gasteiger partial charge is 0.248 e. The monoisotopic (exact) mass is 486 g/mol. The highest BCUT2D eigenvalue weighted by atomic mass is 35.5. The third-order valence-electron chi connectivity index (χ3n) is 4.49. The molecule has 168 valence electrons. The predicted octanol–water partition coefficient (Wildman–Crippen LogP) is 6.88. The summed E-state index contributed by atoms with van der Waals surface area (Å²) in [4.78, 5) is 24.8. The van der Waals surface area contributed by atoms with Crippen molar-refractivity contribution in [1.29, 1.82) is 0 Å². The lowest BCUT2D eigenvalue weighted by Gasteiger charge is -2.11. The maximum Gasteiger partial charge on any atom is 0.248 e. The minimum absolute atomic E-state index is 0.0868. The molecule has 33 heavy (non-hydrogen) atoms. The van der Waals surface area contributed by atoms with E-state index in [4.69, 9.17) is 23.2 Å². The molecule has 0 fully saturated rings. The van der Waals surface area contributed by atoms with Crippen molar-refractivity contribution in [3.8, 4) is 0 Å². The van der Waals surface area contributed by atoms with Gasteiger partial charge in [0.15, 0.2) is 0 Å². The third-order valence-corrected chi connectivity index (χ3v) is 5.15. The second kappa shape index (κ2) is 10.9. The molecule has 4 nitrogen and oxygen atoms in total. The van der Waals surface area contributed by atoms with Crippen molar-refractivity contribution in [2.24, 2.45) is 0 Å². The number of carbonyl (C=O) groups is 2. The van der Waals surface area contributed by atoms with Gasteiger partial charge in [-0.3, -0.25) is 9.59 Å². The molecule has 0 radical (unpaired) electrons. The number of hydrogen-bond acceptors (Lipinski definition) is 2. The lowest BCUT2D eigenvalue weighted by atomic mass is 10.1. The van der Waals surface area contributed by atoms with E-state index in [2.05, 4.69) is 10.6 Å². The molecule has 0 aliphatic heterocycles. The van der Waals surface area contributed by atoms with Gasteiger partial charge < -0.3 is 10.6 Å². The molecular weight excluding hydrogens is 469 g/mol. The Kier molecular flexibility index (Phi) is 7.98. The van der Waals surface area contributed by atoms with E-state index in [9.17, 15) is 18.4 Å². The molecule has 3 aromatic rings. The van der Waals surface area contributed by atoms with Gasteiger partial charge in [0, 0.05) is 23.3 Å². The Labute approximate surface area is 199 Å². The minimum atomic E-state index is -0.559. The van der Waals surface area contributed by atoms with Crippen LogP contribution >= 0.6 is 23.2 Å². The van der Waals surface area contributed by atoms with Gasteiger partial charge >= 0.3 is 0 Å². The average Bonchev–Trinajstić information content (AvgIpc) is 2.75. The molecule has 0 aromatic heterocycles. The summed E-state index contributed by atoms with van der Waals surface area (Å²) in [5, 5.41) is 5.62. The van der Waals surface area contributed by atoms with Crippen LogP contribution in [-0.2, 0) is 9.59 Å². The SMILES string of the molecule is Cc1ccc(NC(=O)/C=C/c2c(F)cccc2Cl)c(NC(=O)/C=C/c2c(F)cccc2Cl)c1. The number of hydrogen-bond donors (Lipinski definition) is 2. The first kappa shape index (κ1) is 24.2. The van der Waals surface area contributed by atoms with E-state index in [0.29, 0.717) is 11.4 Å². The number of aryl methyl sites for hydroxylation is 1. The van der Waals surface area contributed by atoms with Crippen LogP contribution in [0.2, 0.25) is 10.0 Å². The number of benzene rings is 3. The Morgan fingerprint density at radius 3 is 1.73 bits per heavy atom. The van der Waals surface area contributed by atoms with Crippen molar-refractivity contribution in [2.75, 3.05) is 10.6 Å². The highest BCUT2D eigenvalue weighted by Crippen LogP contribution is 2.25. The summed E-state index contributed by atoms with van der Waals surface area (Å²) >= 11 is 11.9. The van der Waals surface area contributed by atoms with Gasteiger partial charge in [0.25, 0.3) is 0 Å². The Balaban J connectivity index is 1.75. The van der Waals surface area contributed by atoms with Gasteiger partial charge in [-0.1, -0.05) is 41.4 Å². The van der Waals surface area contributed by atoms with Crippen LogP contribution in [0, 0.1) is 18.6 Å². The maximum atomic E-state index is 13.9. The van der Waals surface area contributed by atoms with Crippen LogP contribution in [0.4, 0.5) is 20.2 Å². The summed E-state index contributed by atoms with van der Waals surface area (Å²) in [7, 11) is 0. The van der Waals surface area contributed by atoms with E-state index in [1.165, 1.54) is 48.6 Å². The van der Waals surface area contributed by atoms with Gasteiger partial charge in [-0.2, -0.15) is 0 Å². The second-order valence-corrected chi connectivity index (χ2v) is 7.78. The van der Waals surface area contributed by atoms with E-state index >= 15 is 0 Å². The van der Waals surface area contributed by atoms with Gasteiger partial charge in [-0.25, -0.2) is 8.78 Å². The standard InChI is InChI=1S/C25H18Cl2F2N2O2/c1-15-8-11-22(30-24(32)12-9-16-18(26)4-2-6-20(16)28)23(14-15)31-25(33)13-10-17-19(27)5-3-7-21(17)29/h2-14H,1H3,(H,30,32)(H,31,33)/b12-9+,13-10+. The van der Waals surface area contributed by atoms with E-state index in [0.717, 1.165) is 17.7 Å². The Bertz CT molecular complexity index is 1230. The van der Waals surface area contributed by atoms with E-state index in [-0.39, 0.29) is 21.2 Å². The molecule has 3 rings (SSSR count). The summed E-state index contributed by atoms with van der Waals surface area (Å²) in [6.45, 7) is 1.82.